The minimum absolute atomic E-state index is 0.0474. The first-order valence-corrected chi connectivity index (χ1v) is 7.97. The third kappa shape index (κ3) is 4.58. The summed E-state index contributed by atoms with van der Waals surface area (Å²) in [6.45, 7) is 4.73. The van der Waals surface area contributed by atoms with E-state index in [-0.39, 0.29) is 19.0 Å². The van der Waals surface area contributed by atoms with E-state index in [4.69, 9.17) is 9.84 Å². The number of aliphatic hydroxyl groups is 1. The van der Waals surface area contributed by atoms with Crippen molar-refractivity contribution in [3.63, 3.8) is 0 Å². The molecule has 1 heterocycles. The highest BCUT2D eigenvalue weighted by Crippen LogP contribution is 2.25. The van der Waals surface area contributed by atoms with Crippen LogP contribution in [0.1, 0.15) is 24.0 Å². The lowest BCUT2D eigenvalue weighted by Gasteiger charge is -2.19. The first kappa shape index (κ1) is 17.5. The molecule has 0 aromatic heterocycles. The van der Waals surface area contributed by atoms with E-state index in [9.17, 15) is 9.18 Å². The molecule has 0 bridgehead atoms. The average molecular weight is 324 g/mol. The van der Waals surface area contributed by atoms with Crippen molar-refractivity contribution in [1.82, 2.24) is 10.2 Å². The zero-order valence-electron chi connectivity index (χ0n) is 13.8. The minimum Gasteiger partial charge on any atom is -0.493 e. The summed E-state index contributed by atoms with van der Waals surface area (Å²) in [6.07, 6.45) is 0.862. The Balaban J connectivity index is 1.67. The molecule has 1 aromatic carbocycles. The van der Waals surface area contributed by atoms with Gasteiger partial charge in [0.25, 0.3) is 0 Å². The predicted octanol–water partition coefficient (Wildman–Crippen LogP) is 2.19. The largest absolute Gasteiger partial charge is 0.493 e. The molecule has 0 spiro atoms. The third-order valence-electron chi connectivity index (χ3n) is 4.13. The van der Waals surface area contributed by atoms with Crippen molar-refractivity contribution in [2.45, 2.75) is 32.4 Å². The van der Waals surface area contributed by atoms with Crippen LogP contribution < -0.4 is 10.1 Å². The SMILES string of the molecule is Cc1cccc(C)c1OCCCNC(=O)N1CC[C@](F)(CO)C1. The molecule has 0 saturated carbocycles. The number of aliphatic hydroxyl groups excluding tert-OH is 1. The Bertz CT molecular complexity index is 532. The van der Waals surface area contributed by atoms with E-state index >= 15 is 0 Å². The molecule has 0 aliphatic carbocycles. The Morgan fingerprint density at radius 1 is 1.43 bits per heavy atom. The van der Waals surface area contributed by atoms with Crippen LogP contribution in [0, 0.1) is 13.8 Å². The molecular weight excluding hydrogens is 299 g/mol. The molecule has 128 valence electrons. The van der Waals surface area contributed by atoms with Gasteiger partial charge in [0.15, 0.2) is 5.67 Å². The molecular formula is C17H25FN2O3. The molecule has 1 aromatic rings. The van der Waals surface area contributed by atoms with Gasteiger partial charge in [0.05, 0.1) is 19.8 Å². The maximum atomic E-state index is 13.9. The molecule has 2 amide bonds. The number of amides is 2. The number of carbonyl (C=O) groups excluding carboxylic acids is 1. The third-order valence-corrected chi connectivity index (χ3v) is 4.13. The van der Waals surface area contributed by atoms with Crippen LogP contribution in [0.15, 0.2) is 18.2 Å². The van der Waals surface area contributed by atoms with E-state index in [1.165, 1.54) is 4.90 Å². The summed E-state index contributed by atoms with van der Waals surface area (Å²) in [5.41, 5.74) is 0.534. The number of benzene rings is 1. The first-order chi connectivity index (χ1) is 10.9. The molecule has 2 rings (SSSR count). The standard InChI is InChI=1S/C17H25FN2O3/c1-13-5-3-6-14(2)15(13)23-10-4-8-19-16(22)20-9-7-17(18,11-20)12-21/h3,5-6,21H,4,7-12H2,1-2H3,(H,19,22)/t17-/m1/s1. The van der Waals surface area contributed by atoms with E-state index in [0.717, 1.165) is 16.9 Å². The first-order valence-electron chi connectivity index (χ1n) is 7.97. The van der Waals surface area contributed by atoms with Gasteiger partial charge in [0.2, 0.25) is 0 Å². The maximum Gasteiger partial charge on any atom is 0.317 e. The number of hydrogen-bond donors (Lipinski definition) is 2. The summed E-state index contributed by atoms with van der Waals surface area (Å²) >= 11 is 0. The summed E-state index contributed by atoms with van der Waals surface area (Å²) < 4.78 is 19.6. The fourth-order valence-electron chi connectivity index (χ4n) is 2.72. The fourth-order valence-corrected chi connectivity index (χ4v) is 2.72. The van der Waals surface area contributed by atoms with Crippen LogP contribution in [0.4, 0.5) is 9.18 Å². The summed E-state index contributed by atoms with van der Waals surface area (Å²) in [7, 11) is 0. The normalized spacial score (nSPS) is 20.6. The lowest BCUT2D eigenvalue weighted by atomic mass is 10.1. The van der Waals surface area contributed by atoms with E-state index in [1.54, 1.807) is 0 Å². The molecule has 2 N–H and O–H groups in total. The second-order valence-electron chi connectivity index (χ2n) is 6.14. The highest BCUT2D eigenvalue weighted by Gasteiger charge is 2.39. The Morgan fingerprint density at radius 2 is 2.13 bits per heavy atom. The lowest BCUT2D eigenvalue weighted by molar-refractivity contribution is 0.0805. The van der Waals surface area contributed by atoms with Gasteiger partial charge in [-0.05, 0) is 31.4 Å². The fraction of sp³-hybridized carbons (Fsp3) is 0.588. The molecule has 1 fully saturated rings. The van der Waals surface area contributed by atoms with E-state index in [1.807, 2.05) is 32.0 Å². The molecule has 23 heavy (non-hydrogen) atoms. The number of hydrogen-bond acceptors (Lipinski definition) is 3. The van der Waals surface area contributed by atoms with Crippen molar-refractivity contribution >= 4 is 6.03 Å². The second kappa shape index (κ2) is 7.64. The zero-order valence-corrected chi connectivity index (χ0v) is 13.8. The smallest absolute Gasteiger partial charge is 0.317 e. The number of halogens is 1. The van der Waals surface area contributed by atoms with Gasteiger partial charge in [-0.15, -0.1) is 0 Å². The number of aryl methyl sites for hydroxylation is 2. The molecule has 1 aliphatic rings. The van der Waals surface area contributed by atoms with Crippen LogP contribution >= 0.6 is 0 Å². The van der Waals surface area contributed by atoms with Crippen LogP contribution in [0.3, 0.4) is 0 Å². The number of para-hydroxylation sites is 1. The van der Waals surface area contributed by atoms with Crippen LogP contribution in [-0.2, 0) is 0 Å². The van der Waals surface area contributed by atoms with Crippen LogP contribution in [0.2, 0.25) is 0 Å². The van der Waals surface area contributed by atoms with Gasteiger partial charge < -0.3 is 20.1 Å². The van der Waals surface area contributed by atoms with Crippen molar-refractivity contribution in [3.05, 3.63) is 29.3 Å². The van der Waals surface area contributed by atoms with Crippen molar-refractivity contribution < 1.29 is 19.0 Å². The molecule has 0 radical (unpaired) electrons. The Morgan fingerprint density at radius 3 is 2.74 bits per heavy atom. The highest BCUT2D eigenvalue weighted by atomic mass is 19.1. The van der Waals surface area contributed by atoms with Crippen molar-refractivity contribution in [2.24, 2.45) is 0 Å². The predicted molar refractivity (Wildman–Crippen MR) is 86.5 cm³/mol. The Hall–Kier alpha value is -1.82. The monoisotopic (exact) mass is 324 g/mol. The van der Waals surface area contributed by atoms with Gasteiger partial charge in [-0.1, -0.05) is 18.2 Å². The van der Waals surface area contributed by atoms with Crippen molar-refractivity contribution in [2.75, 3.05) is 32.8 Å². The number of urea groups is 1. The number of carbonyl (C=O) groups is 1. The van der Waals surface area contributed by atoms with Gasteiger partial charge in [-0.25, -0.2) is 9.18 Å². The lowest BCUT2D eigenvalue weighted by Crippen LogP contribution is -2.41. The summed E-state index contributed by atoms with van der Waals surface area (Å²) in [5.74, 6) is 0.892. The van der Waals surface area contributed by atoms with Crippen molar-refractivity contribution in [3.8, 4) is 5.75 Å². The summed E-state index contributed by atoms with van der Waals surface area (Å²) in [6, 6.07) is 5.71. The topological polar surface area (TPSA) is 61.8 Å². The summed E-state index contributed by atoms with van der Waals surface area (Å²) in [5, 5.41) is 11.7. The quantitative estimate of drug-likeness (QED) is 0.789. The van der Waals surface area contributed by atoms with Gasteiger partial charge in [-0.3, -0.25) is 0 Å². The number of alkyl halides is 1. The number of ether oxygens (including phenoxy) is 1. The van der Waals surface area contributed by atoms with Gasteiger partial charge in [0.1, 0.15) is 5.75 Å². The average Bonchev–Trinajstić information content (AvgIpc) is 2.93. The van der Waals surface area contributed by atoms with Crippen LogP contribution in [0.25, 0.3) is 0 Å². The minimum atomic E-state index is -1.65. The van der Waals surface area contributed by atoms with E-state index in [0.29, 0.717) is 26.1 Å². The van der Waals surface area contributed by atoms with Crippen LogP contribution in [0.5, 0.6) is 5.75 Å². The van der Waals surface area contributed by atoms with E-state index < -0.39 is 12.3 Å². The zero-order chi connectivity index (χ0) is 16.9. The number of rotatable bonds is 6. The Labute approximate surface area is 136 Å². The van der Waals surface area contributed by atoms with Gasteiger partial charge in [-0.2, -0.15) is 0 Å². The number of nitrogens with zero attached hydrogens (tertiary/aromatic N) is 1. The number of nitrogens with one attached hydrogen (secondary N) is 1. The Kier molecular flexibility index (Phi) is 5.82. The van der Waals surface area contributed by atoms with Crippen molar-refractivity contribution in [1.29, 1.82) is 0 Å². The highest BCUT2D eigenvalue weighted by molar-refractivity contribution is 5.74. The van der Waals surface area contributed by atoms with E-state index in [2.05, 4.69) is 5.32 Å². The molecule has 1 atom stereocenters. The molecule has 1 saturated heterocycles. The molecule has 6 heteroatoms. The van der Waals surface area contributed by atoms with Crippen LogP contribution in [-0.4, -0.2) is 54.6 Å². The second-order valence-corrected chi connectivity index (χ2v) is 6.14. The van der Waals surface area contributed by atoms with Gasteiger partial charge >= 0.3 is 6.03 Å². The maximum absolute atomic E-state index is 13.9. The molecule has 5 nitrogen and oxygen atoms in total. The van der Waals surface area contributed by atoms with Gasteiger partial charge in [0, 0.05) is 19.5 Å². The summed E-state index contributed by atoms with van der Waals surface area (Å²) in [4.78, 5) is 13.3. The molecule has 1 aliphatic heterocycles. The molecule has 0 unspecified atom stereocenters. The number of likely N-dealkylation sites (tertiary alicyclic amines) is 1.